The van der Waals surface area contributed by atoms with Gasteiger partial charge in [0.1, 0.15) is 5.78 Å². The van der Waals surface area contributed by atoms with Crippen LogP contribution in [0.25, 0.3) is 0 Å². The van der Waals surface area contributed by atoms with Crippen molar-refractivity contribution in [3.05, 3.63) is 0 Å². The zero-order valence-corrected chi connectivity index (χ0v) is 28.7. The van der Waals surface area contributed by atoms with Crippen molar-refractivity contribution in [2.75, 3.05) is 33.8 Å². The molecule has 1 atom stereocenters. The number of Topliss-reactive ketones (excluding diaryl/α,β-unsaturated/α-hetero) is 1. The van der Waals surface area contributed by atoms with Crippen molar-refractivity contribution in [2.24, 2.45) is 0 Å². The first kappa shape index (κ1) is 40.6. The number of amides is 1. The Kier molecular flexibility index (Phi) is 28.6. The van der Waals surface area contributed by atoms with Crippen molar-refractivity contribution in [3.63, 3.8) is 0 Å². The summed E-state index contributed by atoms with van der Waals surface area (Å²) in [7, 11) is 4.23. The van der Waals surface area contributed by atoms with Crippen LogP contribution in [0.4, 0.5) is 0 Å². The average molecular weight is 595 g/mol. The molecule has 248 valence electrons. The van der Waals surface area contributed by atoms with Gasteiger partial charge in [0, 0.05) is 31.8 Å². The molecule has 0 aliphatic heterocycles. The topological polar surface area (TPSA) is 66.9 Å². The molecule has 6 nitrogen and oxygen atoms in total. The van der Waals surface area contributed by atoms with E-state index in [9.17, 15) is 14.4 Å². The number of ketones is 1. The molecule has 0 aromatic carbocycles. The van der Waals surface area contributed by atoms with Crippen LogP contribution in [-0.2, 0) is 19.1 Å². The molecule has 0 aliphatic rings. The van der Waals surface area contributed by atoms with Gasteiger partial charge in [0.2, 0.25) is 5.91 Å². The van der Waals surface area contributed by atoms with Gasteiger partial charge in [0.15, 0.2) is 0 Å². The fraction of sp³-hybridized carbons (Fsp3) is 0.917. The Morgan fingerprint density at radius 3 is 1.55 bits per heavy atom. The molecule has 0 aromatic rings. The Labute approximate surface area is 261 Å². The molecule has 0 aliphatic carbocycles. The van der Waals surface area contributed by atoms with E-state index in [0.29, 0.717) is 37.2 Å². The van der Waals surface area contributed by atoms with Crippen molar-refractivity contribution >= 4 is 17.7 Å². The van der Waals surface area contributed by atoms with Crippen molar-refractivity contribution in [3.8, 4) is 0 Å². The third kappa shape index (κ3) is 26.2. The predicted octanol–water partition coefficient (Wildman–Crippen LogP) is 9.28. The molecule has 0 rings (SSSR count). The number of unbranched alkanes of at least 4 members (excludes halogenated alkanes) is 15. The lowest BCUT2D eigenvalue weighted by Crippen LogP contribution is -2.41. The van der Waals surface area contributed by atoms with Gasteiger partial charge in [0.05, 0.1) is 6.61 Å². The maximum Gasteiger partial charge on any atom is 0.305 e. The summed E-state index contributed by atoms with van der Waals surface area (Å²) in [6.07, 6.45) is 26.3. The summed E-state index contributed by atoms with van der Waals surface area (Å²) in [5.41, 5.74) is 0. The summed E-state index contributed by atoms with van der Waals surface area (Å²) in [5.74, 6) is 0.609. The lowest BCUT2D eigenvalue weighted by molar-refractivity contribution is -0.143. The predicted molar refractivity (Wildman–Crippen MR) is 178 cm³/mol. The lowest BCUT2D eigenvalue weighted by Gasteiger charge is -2.33. The van der Waals surface area contributed by atoms with E-state index in [1.54, 1.807) is 6.92 Å². The number of carbonyl (C=O) groups excluding carboxylic acids is 3. The van der Waals surface area contributed by atoms with E-state index in [4.69, 9.17) is 4.74 Å². The van der Waals surface area contributed by atoms with Crippen LogP contribution in [0.2, 0.25) is 0 Å². The van der Waals surface area contributed by atoms with Gasteiger partial charge in [-0.3, -0.25) is 9.59 Å². The first-order chi connectivity index (χ1) is 20.3. The zero-order chi connectivity index (χ0) is 31.3. The molecule has 0 fully saturated rings. The lowest BCUT2D eigenvalue weighted by atomic mass is 9.97. The number of nitrogens with zero attached hydrogens (tertiary/aromatic N) is 2. The number of rotatable bonds is 31. The van der Waals surface area contributed by atoms with E-state index in [0.717, 1.165) is 70.9 Å². The maximum absolute atomic E-state index is 13.5. The fourth-order valence-electron chi connectivity index (χ4n) is 5.77. The van der Waals surface area contributed by atoms with Crippen LogP contribution in [0.1, 0.15) is 175 Å². The zero-order valence-electron chi connectivity index (χ0n) is 28.7. The molecule has 42 heavy (non-hydrogen) atoms. The summed E-state index contributed by atoms with van der Waals surface area (Å²) in [4.78, 5) is 40.7. The second-order valence-corrected chi connectivity index (χ2v) is 12.7. The Hall–Kier alpha value is -1.43. The summed E-state index contributed by atoms with van der Waals surface area (Å²) in [5, 5.41) is 0. The molecular formula is C36H70N2O4. The van der Waals surface area contributed by atoms with Gasteiger partial charge in [-0.1, -0.05) is 103 Å². The number of ether oxygens (including phenoxy) is 1. The Morgan fingerprint density at radius 1 is 0.571 bits per heavy atom. The minimum Gasteiger partial charge on any atom is -0.466 e. The van der Waals surface area contributed by atoms with E-state index in [1.807, 2.05) is 6.92 Å². The number of esters is 1. The Bertz CT molecular complexity index is 652. The number of carbonyl (C=O) groups is 3. The van der Waals surface area contributed by atoms with E-state index in [-0.39, 0.29) is 5.97 Å². The molecule has 0 N–H and O–H groups in total. The smallest absolute Gasteiger partial charge is 0.305 e. The summed E-state index contributed by atoms with van der Waals surface area (Å²) in [6.45, 7) is 8.14. The van der Waals surface area contributed by atoms with Crippen LogP contribution in [0.15, 0.2) is 0 Å². The quantitative estimate of drug-likeness (QED) is 0.0591. The van der Waals surface area contributed by atoms with E-state index in [2.05, 4.69) is 30.8 Å². The SMILES string of the molecule is CCCCCCCC(=O)N(CCCN(C)C)C(CCCCCCCCCC(C)=O)CCCCCCCCC(=O)OCC. The normalized spacial score (nSPS) is 12.0. The molecule has 1 amide bonds. The second-order valence-electron chi connectivity index (χ2n) is 12.7. The molecule has 0 saturated carbocycles. The molecule has 0 heterocycles. The van der Waals surface area contributed by atoms with Crippen molar-refractivity contribution < 1.29 is 19.1 Å². The minimum atomic E-state index is -0.0716. The fourth-order valence-corrected chi connectivity index (χ4v) is 5.77. The molecule has 0 bridgehead atoms. The minimum absolute atomic E-state index is 0.0716. The first-order valence-corrected chi connectivity index (χ1v) is 17.9. The van der Waals surface area contributed by atoms with E-state index < -0.39 is 0 Å². The third-order valence-electron chi connectivity index (χ3n) is 8.30. The highest BCUT2D eigenvalue weighted by molar-refractivity contribution is 5.76. The highest BCUT2D eigenvalue weighted by Crippen LogP contribution is 2.21. The summed E-state index contributed by atoms with van der Waals surface area (Å²) < 4.78 is 5.03. The van der Waals surface area contributed by atoms with Gasteiger partial charge in [-0.15, -0.1) is 0 Å². The van der Waals surface area contributed by atoms with Crippen molar-refractivity contribution in [2.45, 2.75) is 181 Å². The molecule has 1 unspecified atom stereocenters. The number of hydrogen-bond donors (Lipinski definition) is 0. The molecule has 0 spiro atoms. The van der Waals surface area contributed by atoms with Gasteiger partial charge in [-0.05, 0) is 73.0 Å². The Balaban J connectivity index is 4.84. The molecule has 0 radical (unpaired) electrons. The average Bonchev–Trinajstić information content (AvgIpc) is 2.94. The van der Waals surface area contributed by atoms with Gasteiger partial charge < -0.3 is 19.3 Å². The monoisotopic (exact) mass is 595 g/mol. The van der Waals surface area contributed by atoms with Crippen LogP contribution in [0, 0.1) is 0 Å². The van der Waals surface area contributed by atoms with Crippen LogP contribution < -0.4 is 0 Å². The first-order valence-electron chi connectivity index (χ1n) is 17.9. The van der Waals surface area contributed by atoms with Gasteiger partial charge in [0.25, 0.3) is 0 Å². The molecule has 0 saturated heterocycles. The second kappa shape index (κ2) is 29.6. The van der Waals surface area contributed by atoms with Crippen molar-refractivity contribution in [1.29, 1.82) is 0 Å². The maximum atomic E-state index is 13.5. The summed E-state index contributed by atoms with van der Waals surface area (Å²) in [6, 6.07) is 0.356. The van der Waals surface area contributed by atoms with Gasteiger partial charge >= 0.3 is 5.97 Å². The highest BCUT2D eigenvalue weighted by atomic mass is 16.5. The van der Waals surface area contributed by atoms with E-state index >= 15 is 0 Å². The highest BCUT2D eigenvalue weighted by Gasteiger charge is 2.22. The van der Waals surface area contributed by atoms with Crippen LogP contribution in [0.5, 0.6) is 0 Å². The van der Waals surface area contributed by atoms with Crippen LogP contribution >= 0.6 is 0 Å². The van der Waals surface area contributed by atoms with Crippen molar-refractivity contribution in [1.82, 2.24) is 9.80 Å². The largest absolute Gasteiger partial charge is 0.466 e. The van der Waals surface area contributed by atoms with Crippen LogP contribution in [0.3, 0.4) is 0 Å². The van der Waals surface area contributed by atoms with E-state index in [1.165, 1.54) is 83.5 Å². The molecule has 0 aromatic heterocycles. The molecular weight excluding hydrogens is 524 g/mol. The third-order valence-corrected chi connectivity index (χ3v) is 8.30. The molecule has 6 heteroatoms. The van der Waals surface area contributed by atoms with Gasteiger partial charge in [-0.2, -0.15) is 0 Å². The summed E-state index contributed by atoms with van der Waals surface area (Å²) >= 11 is 0. The van der Waals surface area contributed by atoms with Crippen LogP contribution in [-0.4, -0.2) is 67.3 Å². The number of hydrogen-bond acceptors (Lipinski definition) is 5. The standard InChI is InChI=1S/C36H70N2O4/c1-6-8-9-15-23-29-35(40)38(32-25-31-37(4)5)34(27-21-17-12-10-11-16-20-26-33(3)39)28-22-18-13-14-19-24-30-36(41)42-7-2/h34H,6-32H2,1-5H3. The Morgan fingerprint density at radius 2 is 1.05 bits per heavy atom. The van der Waals surface area contributed by atoms with Gasteiger partial charge in [-0.25, -0.2) is 0 Å².